The van der Waals surface area contributed by atoms with Crippen molar-refractivity contribution in [3.63, 3.8) is 0 Å². The minimum Gasteiger partial charge on any atom is -0.481 e. The second kappa shape index (κ2) is 8.43. The Hall–Kier alpha value is -2.54. The van der Waals surface area contributed by atoms with Crippen molar-refractivity contribution < 1.29 is 17.9 Å². The van der Waals surface area contributed by atoms with Gasteiger partial charge in [0.15, 0.2) is 6.10 Å². The predicted octanol–water partition coefficient (Wildman–Crippen LogP) is 3.04. The van der Waals surface area contributed by atoms with E-state index in [1.807, 2.05) is 38.1 Å². The highest BCUT2D eigenvalue weighted by Gasteiger charge is 2.19. The Morgan fingerprint density at radius 1 is 1.07 bits per heavy atom. The van der Waals surface area contributed by atoms with Crippen LogP contribution in [-0.4, -0.2) is 33.7 Å². The van der Waals surface area contributed by atoms with E-state index in [-0.39, 0.29) is 11.9 Å². The molecule has 0 aliphatic carbocycles. The number of ether oxygens (including phenoxy) is 1. The summed E-state index contributed by atoms with van der Waals surface area (Å²) in [6.45, 7) is 5.62. The molecule has 2 aromatic carbocycles. The molecule has 2 atom stereocenters. The van der Waals surface area contributed by atoms with E-state index < -0.39 is 16.1 Å². The van der Waals surface area contributed by atoms with Crippen molar-refractivity contribution in [2.24, 2.45) is 0 Å². The third-order valence-corrected chi connectivity index (χ3v) is 5.60. The molecule has 2 rings (SSSR count). The third-order valence-electron chi connectivity index (χ3n) is 4.39. The number of nitrogens with zero attached hydrogens (tertiary/aromatic N) is 1. The summed E-state index contributed by atoms with van der Waals surface area (Å²) in [6.07, 6.45) is 0.453. The number of aryl methyl sites for hydroxylation is 1. The Morgan fingerprint density at radius 2 is 1.67 bits per heavy atom. The molecule has 0 radical (unpaired) electrons. The van der Waals surface area contributed by atoms with Crippen LogP contribution in [0.1, 0.15) is 31.0 Å². The number of sulfonamides is 1. The molecule has 27 heavy (non-hydrogen) atoms. The van der Waals surface area contributed by atoms with Gasteiger partial charge in [-0.3, -0.25) is 9.10 Å². The molecule has 0 aromatic heterocycles. The lowest BCUT2D eigenvalue weighted by molar-refractivity contribution is -0.127. The van der Waals surface area contributed by atoms with Crippen LogP contribution in [0.3, 0.4) is 0 Å². The SMILES string of the molecule is Cc1ccccc1[C@H](C)NC(=O)[C@@H](C)Oc1ccc(N(C)S(C)(=O)=O)cc1. The molecule has 0 spiro atoms. The van der Waals surface area contributed by atoms with Gasteiger partial charge in [-0.1, -0.05) is 24.3 Å². The smallest absolute Gasteiger partial charge is 0.261 e. The van der Waals surface area contributed by atoms with Crippen molar-refractivity contribution in [1.82, 2.24) is 5.32 Å². The molecule has 146 valence electrons. The van der Waals surface area contributed by atoms with Gasteiger partial charge in [-0.25, -0.2) is 8.42 Å². The molecule has 7 heteroatoms. The van der Waals surface area contributed by atoms with Crippen molar-refractivity contribution in [3.05, 3.63) is 59.7 Å². The van der Waals surface area contributed by atoms with E-state index in [1.165, 1.54) is 11.4 Å². The van der Waals surface area contributed by atoms with Gasteiger partial charge in [0.05, 0.1) is 18.0 Å². The first-order valence-electron chi connectivity index (χ1n) is 8.66. The standard InChI is InChI=1S/C20H26N2O4S/c1-14-8-6-7-9-19(14)15(2)21-20(23)16(3)26-18-12-10-17(11-13-18)22(4)27(5,24)25/h6-13,15-16H,1-5H3,(H,21,23)/t15-,16+/m0/s1. The van der Waals surface area contributed by atoms with Crippen LogP contribution in [0.15, 0.2) is 48.5 Å². The molecule has 0 aliphatic heterocycles. The summed E-state index contributed by atoms with van der Waals surface area (Å²) >= 11 is 0. The maximum absolute atomic E-state index is 12.4. The Labute approximate surface area is 161 Å². The second-order valence-electron chi connectivity index (χ2n) is 6.57. The highest BCUT2D eigenvalue weighted by Crippen LogP contribution is 2.21. The molecule has 0 bridgehead atoms. The van der Waals surface area contributed by atoms with Crippen LogP contribution >= 0.6 is 0 Å². The van der Waals surface area contributed by atoms with E-state index in [0.717, 1.165) is 17.4 Å². The maximum atomic E-state index is 12.4. The number of anilines is 1. The van der Waals surface area contributed by atoms with Gasteiger partial charge >= 0.3 is 0 Å². The van der Waals surface area contributed by atoms with Gasteiger partial charge in [-0.05, 0) is 56.2 Å². The molecule has 1 N–H and O–H groups in total. The summed E-state index contributed by atoms with van der Waals surface area (Å²) in [5.74, 6) is 0.273. The van der Waals surface area contributed by atoms with Gasteiger partial charge in [0.1, 0.15) is 5.75 Å². The number of hydrogen-bond acceptors (Lipinski definition) is 4. The van der Waals surface area contributed by atoms with Crippen LogP contribution in [0.25, 0.3) is 0 Å². The highest BCUT2D eigenvalue weighted by atomic mass is 32.2. The van der Waals surface area contributed by atoms with Crippen molar-refractivity contribution in [2.45, 2.75) is 32.9 Å². The van der Waals surface area contributed by atoms with E-state index in [0.29, 0.717) is 11.4 Å². The second-order valence-corrected chi connectivity index (χ2v) is 8.59. The third kappa shape index (κ3) is 5.47. The number of carbonyl (C=O) groups excluding carboxylic acids is 1. The topological polar surface area (TPSA) is 75.7 Å². The summed E-state index contributed by atoms with van der Waals surface area (Å²) in [6, 6.07) is 14.3. The largest absolute Gasteiger partial charge is 0.481 e. The molecule has 0 saturated heterocycles. The molecule has 0 fully saturated rings. The maximum Gasteiger partial charge on any atom is 0.261 e. The minimum atomic E-state index is -3.32. The summed E-state index contributed by atoms with van der Waals surface area (Å²) in [7, 11) is -1.84. The van der Waals surface area contributed by atoms with Crippen molar-refractivity contribution in [3.8, 4) is 5.75 Å². The highest BCUT2D eigenvalue weighted by molar-refractivity contribution is 7.92. The van der Waals surface area contributed by atoms with Crippen LogP contribution in [0, 0.1) is 6.92 Å². The van der Waals surface area contributed by atoms with Crippen LogP contribution in [0.4, 0.5) is 5.69 Å². The molecule has 0 unspecified atom stereocenters. The molecular formula is C20H26N2O4S. The normalized spacial score (nSPS) is 13.5. The number of hydrogen-bond donors (Lipinski definition) is 1. The zero-order valence-electron chi connectivity index (χ0n) is 16.3. The van der Waals surface area contributed by atoms with E-state index in [9.17, 15) is 13.2 Å². The van der Waals surface area contributed by atoms with Crippen molar-refractivity contribution >= 4 is 21.6 Å². The van der Waals surface area contributed by atoms with Crippen LogP contribution in [0.5, 0.6) is 5.75 Å². The quantitative estimate of drug-likeness (QED) is 0.788. The number of nitrogens with one attached hydrogen (secondary N) is 1. The first-order valence-corrected chi connectivity index (χ1v) is 10.5. The van der Waals surface area contributed by atoms with Gasteiger partial charge in [-0.2, -0.15) is 0 Å². The monoisotopic (exact) mass is 390 g/mol. The van der Waals surface area contributed by atoms with Crippen LogP contribution in [-0.2, 0) is 14.8 Å². The van der Waals surface area contributed by atoms with E-state index in [2.05, 4.69) is 5.32 Å². The van der Waals surface area contributed by atoms with Crippen molar-refractivity contribution in [2.75, 3.05) is 17.6 Å². The van der Waals surface area contributed by atoms with E-state index in [4.69, 9.17) is 4.74 Å². The zero-order chi connectivity index (χ0) is 20.2. The molecule has 1 amide bonds. The Morgan fingerprint density at radius 3 is 2.22 bits per heavy atom. The Bertz CT molecular complexity index is 894. The van der Waals surface area contributed by atoms with Crippen LogP contribution in [0.2, 0.25) is 0 Å². The molecule has 0 heterocycles. The first kappa shape index (κ1) is 20.8. The lowest BCUT2D eigenvalue weighted by atomic mass is 10.0. The van der Waals surface area contributed by atoms with Gasteiger partial charge in [0.25, 0.3) is 5.91 Å². The average molecular weight is 391 g/mol. The number of amides is 1. The van der Waals surface area contributed by atoms with E-state index >= 15 is 0 Å². The zero-order valence-corrected chi connectivity index (χ0v) is 17.1. The van der Waals surface area contributed by atoms with Gasteiger partial charge in [-0.15, -0.1) is 0 Å². The minimum absolute atomic E-state index is 0.129. The van der Waals surface area contributed by atoms with E-state index in [1.54, 1.807) is 31.2 Å². The average Bonchev–Trinajstić information content (AvgIpc) is 2.61. The first-order chi connectivity index (χ1) is 12.6. The molecule has 0 aliphatic rings. The predicted molar refractivity (Wildman–Crippen MR) is 108 cm³/mol. The summed E-state index contributed by atoms with van der Waals surface area (Å²) in [5, 5.41) is 2.96. The lowest BCUT2D eigenvalue weighted by Gasteiger charge is -2.21. The molecule has 2 aromatic rings. The summed E-state index contributed by atoms with van der Waals surface area (Å²) < 4.78 is 30.0. The van der Waals surface area contributed by atoms with Gasteiger partial charge in [0, 0.05) is 7.05 Å². The van der Waals surface area contributed by atoms with Gasteiger partial charge in [0.2, 0.25) is 10.0 Å². The van der Waals surface area contributed by atoms with Gasteiger partial charge < -0.3 is 10.1 Å². The number of rotatable bonds is 7. The molecule has 0 saturated carbocycles. The van der Waals surface area contributed by atoms with Crippen molar-refractivity contribution in [1.29, 1.82) is 0 Å². The lowest BCUT2D eigenvalue weighted by Crippen LogP contribution is -2.38. The number of benzene rings is 2. The Kier molecular flexibility index (Phi) is 6.49. The summed E-state index contributed by atoms with van der Waals surface area (Å²) in [5.41, 5.74) is 2.70. The van der Waals surface area contributed by atoms with Crippen LogP contribution < -0.4 is 14.4 Å². The molecule has 6 nitrogen and oxygen atoms in total. The fourth-order valence-electron chi connectivity index (χ4n) is 2.66. The number of carbonyl (C=O) groups is 1. The summed E-state index contributed by atoms with van der Waals surface area (Å²) in [4.78, 5) is 12.4. The Balaban J connectivity index is 1.99. The fraction of sp³-hybridized carbons (Fsp3) is 0.350. The molecular weight excluding hydrogens is 364 g/mol. The fourth-order valence-corrected chi connectivity index (χ4v) is 3.17.